The number of benzene rings is 1. The molecule has 0 aliphatic carbocycles. The summed E-state index contributed by atoms with van der Waals surface area (Å²) in [4.78, 5) is 4.29. The third kappa shape index (κ3) is 2.18. The molecule has 17 heavy (non-hydrogen) atoms. The van der Waals surface area contributed by atoms with E-state index in [4.69, 9.17) is 5.73 Å². The van der Waals surface area contributed by atoms with Gasteiger partial charge in [0.15, 0.2) is 5.95 Å². The highest BCUT2D eigenvalue weighted by Gasteiger charge is 2.10. The zero-order valence-corrected chi connectivity index (χ0v) is 10.9. The zero-order valence-electron chi connectivity index (χ0n) is 10.9. The van der Waals surface area contributed by atoms with Gasteiger partial charge in [0, 0.05) is 19.2 Å². The Balaban J connectivity index is 2.38. The molecule has 0 spiro atoms. The second-order valence-electron chi connectivity index (χ2n) is 4.67. The summed E-state index contributed by atoms with van der Waals surface area (Å²) in [6.45, 7) is 6.27. The van der Waals surface area contributed by atoms with Gasteiger partial charge in [-0.25, -0.2) is 4.98 Å². The van der Waals surface area contributed by atoms with Crippen molar-refractivity contribution < 1.29 is 0 Å². The lowest BCUT2D eigenvalue weighted by Gasteiger charge is -2.09. The summed E-state index contributed by atoms with van der Waals surface area (Å²) in [7, 11) is 1.97. The van der Waals surface area contributed by atoms with E-state index in [2.05, 4.69) is 37.0 Å². The van der Waals surface area contributed by atoms with Crippen LogP contribution in [-0.4, -0.2) is 9.55 Å². The van der Waals surface area contributed by atoms with Gasteiger partial charge >= 0.3 is 0 Å². The number of rotatable bonds is 2. The van der Waals surface area contributed by atoms with Crippen molar-refractivity contribution in [3.8, 4) is 0 Å². The normalized spacial score (nSPS) is 10.8. The molecule has 0 saturated carbocycles. The van der Waals surface area contributed by atoms with Crippen LogP contribution >= 0.6 is 0 Å². The molecule has 0 saturated heterocycles. The Morgan fingerprint density at radius 2 is 1.94 bits per heavy atom. The lowest BCUT2D eigenvalue weighted by molar-refractivity contribution is 0.850. The topological polar surface area (TPSA) is 43.8 Å². The summed E-state index contributed by atoms with van der Waals surface area (Å²) in [5.74, 6) is 0.585. The molecule has 0 unspecified atom stereocenters. The van der Waals surface area contributed by atoms with E-state index >= 15 is 0 Å². The monoisotopic (exact) mass is 229 g/mol. The summed E-state index contributed by atoms with van der Waals surface area (Å²) in [5.41, 5.74) is 12.0. The highest BCUT2D eigenvalue weighted by atomic mass is 15.1. The molecule has 0 aliphatic rings. The van der Waals surface area contributed by atoms with Crippen molar-refractivity contribution in [3.63, 3.8) is 0 Å². The van der Waals surface area contributed by atoms with E-state index in [1.54, 1.807) is 0 Å². The molecule has 1 aromatic carbocycles. The average Bonchev–Trinajstić information content (AvgIpc) is 2.48. The number of nitrogens with two attached hydrogens (primary N) is 1. The van der Waals surface area contributed by atoms with Gasteiger partial charge < -0.3 is 10.3 Å². The Bertz CT molecular complexity index is 553. The van der Waals surface area contributed by atoms with Gasteiger partial charge in [-0.3, -0.25) is 0 Å². The van der Waals surface area contributed by atoms with Gasteiger partial charge in [-0.15, -0.1) is 0 Å². The van der Waals surface area contributed by atoms with Crippen LogP contribution in [0, 0.1) is 20.8 Å². The van der Waals surface area contributed by atoms with Crippen LogP contribution in [-0.2, 0) is 13.5 Å². The fourth-order valence-corrected chi connectivity index (χ4v) is 2.16. The molecule has 3 nitrogen and oxygen atoms in total. The van der Waals surface area contributed by atoms with E-state index < -0.39 is 0 Å². The Morgan fingerprint density at radius 3 is 2.47 bits per heavy atom. The predicted molar refractivity (Wildman–Crippen MR) is 71.1 cm³/mol. The highest BCUT2D eigenvalue weighted by molar-refractivity contribution is 5.37. The summed E-state index contributed by atoms with van der Waals surface area (Å²) >= 11 is 0. The quantitative estimate of drug-likeness (QED) is 0.860. The molecule has 0 atom stereocenters. The van der Waals surface area contributed by atoms with Gasteiger partial charge in [-0.05, 0) is 31.9 Å². The minimum atomic E-state index is 0.585. The predicted octanol–water partition coefficient (Wildman–Crippen LogP) is 2.52. The number of aromatic nitrogens is 2. The SMILES string of the molecule is Cc1ccc(Cc2c(C)nc(N)n2C)c(C)c1. The van der Waals surface area contributed by atoms with Gasteiger partial charge in [0.1, 0.15) is 0 Å². The van der Waals surface area contributed by atoms with Gasteiger partial charge in [-0.1, -0.05) is 23.8 Å². The standard InChI is InChI=1S/C14H19N3/c1-9-5-6-12(10(2)7-9)8-13-11(3)16-14(15)17(13)4/h5-7H,8H2,1-4H3,(H2,15,16). The van der Waals surface area contributed by atoms with Crippen molar-refractivity contribution in [1.29, 1.82) is 0 Å². The maximum Gasteiger partial charge on any atom is 0.200 e. The van der Waals surface area contributed by atoms with Crippen molar-refractivity contribution in [3.05, 3.63) is 46.3 Å². The van der Waals surface area contributed by atoms with Crippen LogP contribution in [0.25, 0.3) is 0 Å². The second kappa shape index (κ2) is 4.24. The summed E-state index contributed by atoms with van der Waals surface area (Å²) in [6, 6.07) is 6.55. The molecule has 1 heterocycles. The number of imidazole rings is 1. The maximum absolute atomic E-state index is 5.81. The first-order valence-corrected chi connectivity index (χ1v) is 5.83. The van der Waals surface area contributed by atoms with Gasteiger partial charge in [0.25, 0.3) is 0 Å². The maximum atomic E-state index is 5.81. The van der Waals surface area contributed by atoms with Gasteiger partial charge in [-0.2, -0.15) is 0 Å². The van der Waals surface area contributed by atoms with Crippen molar-refractivity contribution in [1.82, 2.24) is 9.55 Å². The molecule has 2 aromatic rings. The molecule has 2 N–H and O–H groups in total. The molecule has 90 valence electrons. The Kier molecular flexibility index (Phi) is 2.92. The van der Waals surface area contributed by atoms with E-state index in [1.807, 2.05) is 18.5 Å². The lowest BCUT2D eigenvalue weighted by Crippen LogP contribution is -2.03. The molecule has 0 amide bonds. The van der Waals surface area contributed by atoms with E-state index in [0.29, 0.717) is 5.95 Å². The molecule has 0 aliphatic heterocycles. The number of nitrogens with zero attached hydrogens (tertiary/aromatic N) is 2. The Labute approximate surface area is 102 Å². The van der Waals surface area contributed by atoms with Gasteiger partial charge in [0.2, 0.25) is 0 Å². The molecule has 0 radical (unpaired) electrons. The van der Waals surface area contributed by atoms with Crippen molar-refractivity contribution in [2.75, 3.05) is 5.73 Å². The van der Waals surface area contributed by atoms with Gasteiger partial charge in [0.05, 0.1) is 5.69 Å². The van der Waals surface area contributed by atoms with Crippen LogP contribution in [0.4, 0.5) is 5.95 Å². The first kappa shape index (κ1) is 11.7. The van der Waals surface area contributed by atoms with Crippen LogP contribution in [0.2, 0.25) is 0 Å². The minimum Gasteiger partial charge on any atom is -0.369 e. The van der Waals surface area contributed by atoms with E-state index in [9.17, 15) is 0 Å². The fraction of sp³-hybridized carbons (Fsp3) is 0.357. The second-order valence-corrected chi connectivity index (χ2v) is 4.67. The number of hydrogen-bond acceptors (Lipinski definition) is 2. The average molecular weight is 229 g/mol. The van der Waals surface area contributed by atoms with Crippen molar-refractivity contribution in [2.45, 2.75) is 27.2 Å². The summed E-state index contributed by atoms with van der Waals surface area (Å²) in [6.07, 6.45) is 0.888. The largest absolute Gasteiger partial charge is 0.369 e. The van der Waals surface area contributed by atoms with Crippen LogP contribution in [0.15, 0.2) is 18.2 Å². The molecular formula is C14H19N3. The number of aryl methyl sites for hydroxylation is 3. The number of hydrogen-bond donors (Lipinski definition) is 1. The minimum absolute atomic E-state index is 0.585. The van der Waals surface area contributed by atoms with Crippen molar-refractivity contribution >= 4 is 5.95 Å². The third-order valence-corrected chi connectivity index (χ3v) is 3.30. The molecule has 0 bridgehead atoms. The molecule has 0 fully saturated rings. The van der Waals surface area contributed by atoms with E-state index in [-0.39, 0.29) is 0 Å². The van der Waals surface area contributed by atoms with E-state index in [0.717, 1.165) is 12.1 Å². The van der Waals surface area contributed by atoms with E-state index in [1.165, 1.54) is 22.4 Å². The van der Waals surface area contributed by atoms with Crippen molar-refractivity contribution in [2.24, 2.45) is 7.05 Å². The molecule has 1 aromatic heterocycles. The Hall–Kier alpha value is -1.77. The van der Waals surface area contributed by atoms with Crippen LogP contribution in [0.3, 0.4) is 0 Å². The summed E-state index contributed by atoms with van der Waals surface area (Å²) < 4.78 is 1.97. The zero-order chi connectivity index (χ0) is 12.6. The molecular weight excluding hydrogens is 210 g/mol. The van der Waals surface area contributed by atoms with Crippen LogP contribution < -0.4 is 5.73 Å². The smallest absolute Gasteiger partial charge is 0.200 e. The third-order valence-electron chi connectivity index (χ3n) is 3.30. The molecule has 3 heteroatoms. The summed E-state index contributed by atoms with van der Waals surface area (Å²) in [5, 5.41) is 0. The first-order chi connectivity index (χ1) is 7.99. The Morgan fingerprint density at radius 1 is 1.24 bits per heavy atom. The number of anilines is 1. The number of nitrogen functional groups attached to an aromatic ring is 1. The fourth-order valence-electron chi connectivity index (χ4n) is 2.16. The van der Waals surface area contributed by atoms with Crippen LogP contribution in [0.5, 0.6) is 0 Å². The lowest BCUT2D eigenvalue weighted by atomic mass is 10.0. The highest BCUT2D eigenvalue weighted by Crippen LogP contribution is 2.19. The molecule has 2 rings (SSSR count). The first-order valence-electron chi connectivity index (χ1n) is 5.83. The van der Waals surface area contributed by atoms with Crippen LogP contribution in [0.1, 0.15) is 28.1 Å².